The Balaban J connectivity index is 2.01. The van der Waals surface area contributed by atoms with E-state index in [2.05, 4.69) is 55.3 Å². The molecular weight excluding hydrogens is 202 g/mol. The van der Waals surface area contributed by atoms with Crippen molar-refractivity contribution in [3.05, 3.63) is 35.9 Å². The van der Waals surface area contributed by atoms with Crippen LogP contribution in [-0.4, -0.2) is 21.0 Å². The number of hydrogen-bond donors (Lipinski definition) is 1. The fraction of sp³-hybridized carbons (Fsp3) is 0.500. The molecule has 0 bridgehead atoms. The lowest BCUT2D eigenvalue weighted by Gasteiger charge is -2.41. The number of nitrogens with one attached hydrogen (secondary N) is 1. The highest BCUT2D eigenvalue weighted by atomic mass is 28.4. The van der Waals surface area contributed by atoms with Gasteiger partial charge in [0.05, 0.1) is 12.1 Å². The molecular formula is C12H19NOSi. The first-order valence-corrected chi connectivity index (χ1v) is 8.93. The van der Waals surface area contributed by atoms with Crippen LogP contribution in [0.1, 0.15) is 11.6 Å². The largest absolute Gasteiger partial charge is 0.411 e. The van der Waals surface area contributed by atoms with Gasteiger partial charge in [-0.1, -0.05) is 30.3 Å². The van der Waals surface area contributed by atoms with E-state index in [1.165, 1.54) is 5.56 Å². The molecule has 2 nitrogen and oxygen atoms in total. The average Bonchev–Trinajstić information content (AvgIpc) is 2.13. The molecule has 0 saturated carbocycles. The summed E-state index contributed by atoms with van der Waals surface area (Å²) in [5, 5.41) is 3.43. The predicted molar refractivity (Wildman–Crippen MR) is 65.4 cm³/mol. The third-order valence-electron chi connectivity index (χ3n) is 2.57. The molecule has 1 aliphatic rings. The van der Waals surface area contributed by atoms with Gasteiger partial charge >= 0.3 is 0 Å². The first kappa shape index (κ1) is 10.9. The maximum Gasteiger partial charge on any atom is 0.184 e. The normalized spacial score (nSPS) is 26.1. The van der Waals surface area contributed by atoms with Crippen molar-refractivity contribution in [2.45, 2.75) is 31.8 Å². The minimum absolute atomic E-state index is 0.374. The summed E-state index contributed by atoms with van der Waals surface area (Å²) in [7, 11) is -1.40. The molecule has 3 heteroatoms. The minimum atomic E-state index is -1.40. The average molecular weight is 221 g/mol. The van der Waals surface area contributed by atoms with Crippen molar-refractivity contribution in [3.8, 4) is 0 Å². The van der Waals surface area contributed by atoms with Crippen molar-refractivity contribution >= 4 is 8.32 Å². The molecule has 0 amide bonds. The third-order valence-corrected chi connectivity index (χ3v) is 3.58. The molecule has 0 radical (unpaired) electrons. The molecule has 82 valence electrons. The van der Waals surface area contributed by atoms with E-state index in [9.17, 15) is 0 Å². The highest BCUT2D eigenvalue weighted by Crippen LogP contribution is 2.27. The third kappa shape index (κ3) is 2.68. The van der Waals surface area contributed by atoms with Crippen LogP contribution in [0.2, 0.25) is 19.6 Å². The molecule has 1 aromatic carbocycles. The number of benzene rings is 1. The van der Waals surface area contributed by atoms with Gasteiger partial charge in [-0.3, -0.25) is 0 Å². The Hall–Kier alpha value is -0.643. The van der Waals surface area contributed by atoms with Crippen molar-refractivity contribution in [1.82, 2.24) is 5.32 Å². The summed E-state index contributed by atoms with van der Waals surface area (Å²) in [5.74, 6) is 0. The van der Waals surface area contributed by atoms with Gasteiger partial charge in [0.25, 0.3) is 0 Å². The van der Waals surface area contributed by atoms with Gasteiger partial charge in [-0.2, -0.15) is 0 Å². The van der Waals surface area contributed by atoms with E-state index >= 15 is 0 Å². The second kappa shape index (κ2) is 4.08. The van der Waals surface area contributed by atoms with Gasteiger partial charge in [-0.25, -0.2) is 0 Å². The van der Waals surface area contributed by atoms with Gasteiger partial charge in [0.1, 0.15) is 0 Å². The second-order valence-electron chi connectivity index (χ2n) is 5.07. The molecule has 0 aliphatic carbocycles. The Kier molecular flexibility index (Phi) is 2.95. The fourth-order valence-corrected chi connectivity index (χ4v) is 3.02. The molecule has 1 fully saturated rings. The maximum absolute atomic E-state index is 6.12. The van der Waals surface area contributed by atoms with E-state index < -0.39 is 8.32 Å². The van der Waals surface area contributed by atoms with Gasteiger partial charge in [0.15, 0.2) is 8.32 Å². The summed E-state index contributed by atoms with van der Waals surface area (Å²) in [6, 6.07) is 10.9. The van der Waals surface area contributed by atoms with Gasteiger partial charge in [0, 0.05) is 6.54 Å². The summed E-state index contributed by atoms with van der Waals surface area (Å²) in [6.45, 7) is 7.72. The summed E-state index contributed by atoms with van der Waals surface area (Å²) in [4.78, 5) is 0. The molecule has 1 aliphatic heterocycles. The number of hydrogen-bond acceptors (Lipinski definition) is 2. The summed E-state index contributed by atoms with van der Waals surface area (Å²) in [6.07, 6.45) is 0.374. The van der Waals surface area contributed by atoms with Crippen molar-refractivity contribution in [2.75, 3.05) is 6.54 Å². The van der Waals surface area contributed by atoms with Crippen molar-refractivity contribution in [1.29, 1.82) is 0 Å². The molecule has 0 spiro atoms. The van der Waals surface area contributed by atoms with Crippen LogP contribution in [0.15, 0.2) is 30.3 Å². The SMILES string of the molecule is C[Si](C)(C)O[C@@H]1CN[C@@H]1c1ccccc1. The van der Waals surface area contributed by atoms with Crippen LogP contribution in [-0.2, 0) is 4.43 Å². The molecule has 2 rings (SSSR count). The van der Waals surface area contributed by atoms with Crippen LogP contribution in [0.3, 0.4) is 0 Å². The van der Waals surface area contributed by atoms with E-state index in [0.29, 0.717) is 12.1 Å². The highest BCUT2D eigenvalue weighted by molar-refractivity contribution is 6.69. The summed E-state index contributed by atoms with van der Waals surface area (Å²) >= 11 is 0. The molecule has 1 N–H and O–H groups in total. The molecule has 0 unspecified atom stereocenters. The lowest BCUT2D eigenvalue weighted by Crippen LogP contribution is -2.55. The van der Waals surface area contributed by atoms with Gasteiger partial charge in [-0.15, -0.1) is 0 Å². The standard InChI is InChI=1S/C12H19NOSi/c1-15(2,3)14-11-9-13-12(11)10-7-5-4-6-8-10/h4-8,11-13H,9H2,1-3H3/t11-,12-/m1/s1. The Morgan fingerprint density at radius 2 is 1.87 bits per heavy atom. The summed E-state index contributed by atoms with van der Waals surface area (Å²) in [5.41, 5.74) is 1.34. The quantitative estimate of drug-likeness (QED) is 0.792. The van der Waals surface area contributed by atoms with Crippen LogP contribution < -0.4 is 5.32 Å². The molecule has 1 aromatic rings. The Bertz CT molecular complexity index is 320. The minimum Gasteiger partial charge on any atom is -0.411 e. The smallest absolute Gasteiger partial charge is 0.184 e. The first-order chi connectivity index (χ1) is 7.06. The van der Waals surface area contributed by atoms with Crippen molar-refractivity contribution < 1.29 is 4.43 Å². The van der Waals surface area contributed by atoms with Crippen LogP contribution in [0.5, 0.6) is 0 Å². The highest BCUT2D eigenvalue weighted by Gasteiger charge is 2.35. The van der Waals surface area contributed by atoms with Crippen LogP contribution >= 0.6 is 0 Å². The molecule has 0 aromatic heterocycles. The zero-order valence-corrected chi connectivity index (χ0v) is 10.7. The lowest BCUT2D eigenvalue weighted by molar-refractivity contribution is 0.0777. The Morgan fingerprint density at radius 3 is 2.33 bits per heavy atom. The van der Waals surface area contributed by atoms with Crippen LogP contribution in [0, 0.1) is 0 Å². The van der Waals surface area contributed by atoms with Gasteiger partial charge < -0.3 is 9.74 Å². The predicted octanol–water partition coefficient (Wildman–Crippen LogP) is 2.55. The topological polar surface area (TPSA) is 21.3 Å². The lowest BCUT2D eigenvalue weighted by atomic mass is 9.95. The Labute approximate surface area is 92.8 Å². The summed E-state index contributed by atoms with van der Waals surface area (Å²) < 4.78 is 6.12. The van der Waals surface area contributed by atoms with Gasteiger partial charge in [-0.05, 0) is 25.2 Å². The van der Waals surface area contributed by atoms with Crippen LogP contribution in [0.4, 0.5) is 0 Å². The molecule has 1 heterocycles. The van der Waals surface area contributed by atoms with Crippen LogP contribution in [0.25, 0.3) is 0 Å². The van der Waals surface area contributed by atoms with E-state index in [-0.39, 0.29) is 0 Å². The molecule has 15 heavy (non-hydrogen) atoms. The van der Waals surface area contributed by atoms with E-state index in [4.69, 9.17) is 4.43 Å². The molecule has 2 atom stereocenters. The Morgan fingerprint density at radius 1 is 1.20 bits per heavy atom. The maximum atomic E-state index is 6.12. The second-order valence-corrected chi connectivity index (χ2v) is 9.53. The zero-order valence-electron chi connectivity index (χ0n) is 9.66. The first-order valence-electron chi connectivity index (χ1n) is 5.52. The fourth-order valence-electron chi connectivity index (χ4n) is 1.89. The number of rotatable bonds is 3. The van der Waals surface area contributed by atoms with E-state index in [1.807, 2.05) is 0 Å². The van der Waals surface area contributed by atoms with Gasteiger partial charge in [0.2, 0.25) is 0 Å². The monoisotopic (exact) mass is 221 g/mol. The van der Waals surface area contributed by atoms with Crippen molar-refractivity contribution in [2.24, 2.45) is 0 Å². The molecule has 1 saturated heterocycles. The van der Waals surface area contributed by atoms with Crippen molar-refractivity contribution in [3.63, 3.8) is 0 Å². The zero-order chi connectivity index (χ0) is 10.9. The van der Waals surface area contributed by atoms with E-state index in [1.54, 1.807) is 0 Å². The van der Waals surface area contributed by atoms with E-state index in [0.717, 1.165) is 6.54 Å².